The highest BCUT2D eigenvalue weighted by Crippen LogP contribution is 2.46. The maximum atomic E-state index is 13.9. The van der Waals surface area contributed by atoms with Gasteiger partial charge in [0.25, 0.3) is 0 Å². The van der Waals surface area contributed by atoms with Crippen LogP contribution in [0.25, 0.3) is 11.0 Å². The lowest BCUT2D eigenvalue weighted by atomic mass is 9.87. The Labute approximate surface area is 310 Å². The van der Waals surface area contributed by atoms with Crippen molar-refractivity contribution in [1.82, 2.24) is 4.90 Å². The van der Waals surface area contributed by atoms with Crippen molar-refractivity contribution in [1.29, 1.82) is 0 Å². The van der Waals surface area contributed by atoms with E-state index in [1.54, 1.807) is 26.4 Å². The van der Waals surface area contributed by atoms with Crippen molar-refractivity contribution in [3.8, 4) is 40.2 Å². The first-order valence-corrected chi connectivity index (χ1v) is 16.9. The van der Waals surface area contributed by atoms with Crippen molar-refractivity contribution in [3.05, 3.63) is 109 Å². The van der Waals surface area contributed by atoms with Crippen molar-refractivity contribution >= 4 is 16.9 Å². The predicted molar refractivity (Wildman–Crippen MR) is 196 cm³/mol. The topological polar surface area (TPSA) is 166 Å². The molecule has 5 aromatic rings. The van der Waals surface area contributed by atoms with E-state index in [2.05, 4.69) is 4.90 Å². The Bertz CT molecular complexity index is 2290. The van der Waals surface area contributed by atoms with E-state index in [1.807, 2.05) is 24.3 Å². The van der Waals surface area contributed by atoms with Crippen LogP contribution in [0.15, 0.2) is 73.2 Å². The van der Waals surface area contributed by atoms with Crippen LogP contribution in [-0.4, -0.2) is 72.3 Å². The Balaban J connectivity index is 1.50. The number of aromatic hydroxyl groups is 1. The van der Waals surface area contributed by atoms with E-state index in [1.165, 1.54) is 53.9 Å². The lowest BCUT2D eigenvalue weighted by Gasteiger charge is -2.38. The van der Waals surface area contributed by atoms with Gasteiger partial charge in [-0.05, 0) is 65.6 Å². The molecule has 0 spiro atoms. The molecular formula is C40H41NO13. The summed E-state index contributed by atoms with van der Waals surface area (Å²) in [6, 6.07) is 13.0. The summed E-state index contributed by atoms with van der Waals surface area (Å²) < 4.78 is 50.7. The molecule has 2 unspecified atom stereocenters. The molecular weight excluding hydrogens is 702 g/mol. The summed E-state index contributed by atoms with van der Waals surface area (Å²) in [5, 5.41) is 11.3. The number of carbonyl (C=O) groups excluding carboxylic acids is 1. The van der Waals surface area contributed by atoms with Gasteiger partial charge in [-0.2, -0.15) is 0 Å². The molecule has 0 amide bonds. The average molecular weight is 744 g/mol. The summed E-state index contributed by atoms with van der Waals surface area (Å²) in [6.45, 7) is 0.553. The number of hydrogen-bond acceptors (Lipinski definition) is 14. The summed E-state index contributed by atoms with van der Waals surface area (Å²) in [5.74, 6) is -0.0253. The largest absolute Gasteiger partial charge is 0.502 e. The van der Waals surface area contributed by atoms with Gasteiger partial charge in [0.15, 0.2) is 34.2 Å². The van der Waals surface area contributed by atoms with Crippen molar-refractivity contribution in [2.45, 2.75) is 31.3 Å². The predicted octanol–water partition coefficient (Wildman–Crippen LogP) is 5.35. The van der Waals surface area contributed by atoms with Gasteiger partial charge < -0.3 is 47.1 Å². The number of esters is 1. The zero-order chi connectivity index (χ0) is 38.7. The highest BCUT2D eigenvalue weighted by atomic mass is 16.5. The van der Waals surface area contributed by atoms with Crippen LogP contribution in [0, 0.1) is 0 Å². The summed E-state index contributed by atoms with van der Waals surface area (Å²) >= 11 is 0. The highest BCUT2D eigenvalue weighted by molar-refractivity contribution is 5.79. The molecule has 14 heteroatoms. The number of methoxy groups -OCH3 is 7. The molecule has 0 aliphatic carbocycles. The van der Waals surface area contributed by atoms with Gasteiger partial charge in [0.05, 0.1) is 86.3 Å². The second kappa shape index (κ2) is 15.8. The van der Waals surface area contributed by atoms with Crippen molar-refractivity contribution in [2.24, 2.45) is 0 Å². The maximum Gasteiger partial charge on any atom is 0.306 e. The van der Waals surface area contributed by atoms with Gasteiger partial charge in [0.2, 0.25) is 16.9 Å². The van der Waals surface area contributed by atoms with E-state index in [4.69, 9.17) is 42.0 Å². The standard InChI is InChI=1S/C40H41NO13/c1-46-23-8-9-30-27(15-23)37(44)28(20-53-30)26(18-35(43)51-6)39-38(45)29(42)16-24(54-39)19-41-11-10-21-12-31(47-2)32(48-3)17-25(21)36(41)22-13-33(49-4)40(52-7)34(14-22)50-5/h8-9,12-17,20,26,36,45H,10-11,18-19H2,1-7H3. The zero-order valence-electron chi connectivity index (χ0n) is 31.0. The number of fused-ring (bicyclic) bond motifs is 2. The first-order chi connectivity index (χ1) is 26.1. The lowest BCUT2D eigenvalue weighted by Crippen LogP contribution is -2.36. The van der Waals surface area contributed by atoms with Crippen LogP contribution in [-0.2, 0) is 22.5 Å². The number of benzene rings is 3. The van der Waals surface area contributed by atoms with E-state index < -0.39 is 41.0 Å². The third kappa shape index (κ3) is 6.99. The number of nitrogens with zero attached hydrogens (tertiary/aromatic N) is 1. The van der Waals surface area contributed by atoms with E-state index in [0.717, 1.165) is 16.7 Å². The molecule has 3 aromatic carbocycles. The van der Waals surface area contributed by atoms with Gasteiger partial charge in [0, 0.05) is 18.2 Å². The summed E-state index contributed by atoms with van der Waals surface area (Å²) in [4.78, 5) is 42.3. The molecule has 3 heterocycles. The Morgan fingerprint density at radius 2 is 1.54 bits per heavy atom. The number of carbonyl (C=O) groups is 1. The summed E-state index contributed by atoms with van der Waals surface area (Å²) in [6.07, 6.45) is 1.35. The molecule has 1 aliphatic rings. The quantitative estimate of drug-likeness (QED) is 0.154. The monoisotopic (exact) mass is 743 g/mol. The van der Waals surface area contributed by atoms with E-state index >= 15 is 0 Å². The minimum atomic E-state index is -1.25. The minimum Gasteiger partial charge on any atom is -0.502 e. The molecule has 284 valence electrons. The fourth-order valence-electron chi connectivity index (χ4n) is 6.97. The Morgan fingerprint density at radius 3 is 2.17 bits per heavy atom. The van der Waals surface area contributed by atoms with Gasteiger partial charge in [-0.3, -0.25) is 19.3 Å². The Morgan fingerprint density at radius 1 is 0.852 bits per heavy atom. The average Bonchev–Trinajstić information content (AvgIpc) is 3.20. The number of ether oxygens (including phenoxy) is 7. The third-order valence-electron chi connectivity index (χ3n) is 9.63. The van der Waals surface area contributed by atoms with Gasteiger partial charge in [-0.15, -0.1) is 0 Å². The zero-order valence-corrected chi connectivity index (χ0v) is 31.0. The molecule has 54 heavy (non-hydrogen) atoms. The first-order valence-electron chi connectivity index (χ1n) is 16.9. The Hall–Kier alpha value is -6.15. The van der Waals surface area contributed by atoms with E-state index in [-0.39, 0.29) is 34.6 Å². The maximum absolute atomic E-state index is 13.9. The molecule has 1 N–H and O–H groups in total. The minimum absolute atomic E-state index is 0.0278. The molecule has 2 aromatic heterocycles. The van der Waals surface area contributed by atoms with Crippen LogP contribution in [0.2, 0.25) is 0 Å². The van der Waals surface area contributed by atoms with Crippen LogP contribution in [0.3, 0.4) is 0 Å². The molecule has 0 radical (unpaired) electrons. The Kier molecular flexibility index (Phi) is 11.0. The molecule has 2 atom stereocenters. The first kappa shape index (κ1) is 37.6. The molecule has 0 saturated heterocycles. The lowest BCUT2D eigenvalue weighted by molar-refractivity contribution is -0.141. The fraction of sp³-hybridized carbons (Fsp3) is 0.325. The highest BCUT2D eigenvalue weighted by Gasteiger charge is 2.34. The van der Waals surface area contributed by atoms with Gasteiger partial charge >= 0.3 is 5.97 Å². The molecule has 1 aliphatic heterocycles. The third-order valence-corrected chi connectivity index (χ3v) is 9.63. The molecule has 0 fully saturated rings. The summed E-state index contributed by atoms with van der Waals surface area (Å²) in [7, 11) is 10.4. The smallest absolute Gasteiger partial charge is 0.306 e. The van der Waals surface area contributed by atoms with Gasteiger partial charge in [-0.1, -0.05) is 0 Å². The van der Waals surface area contributed by atoms with Crippen LogP contribution in [0.1, 0.15) is 52.2 Å². The molecule has 6 rings (SSSR count). The van der Waals surface area contributed by atoms with Gasteiger partial charge in [-0.25, -0.2) is 0 Å². The SMILES string of the molecule is COC(=O)CC(c1oc(CN2CCc3cc(OC)c(OC)cc3C2c2cc(OC)c(OC)c(OC)c2)cc(=O)c1O)c1coc2ccc(OC)cc2c1=O. The van der Waals surface area contributed by atoms with Crippen LogP contribution in [0.5, 0.6) is 40.2 Å². The second-order valence-electron chi connectivity index (χ2n) is 12.5. The molecule has 0 bridgehead atoms. The second-order valence-corrected chi connectivity index (χ2v) is 12.5. The number of rotatable bonds is 13. The summed E-state index contributed by atoms with van der Waals surface area (Å²) in [5.41, 5.74) is 1.65. The van der Waals surface area contributed by atoms with Gasteiger partial charge in [0.1, 0.15) is 17.1 Å². The van der Waals surface area contributed by atoms with E-state index in [0.29, 0.717) is 47.5 Å². The van der Waals surface area contributed by atoms with Crippen LogP contribution >= 0.6 is 0 Å². The normalized spacial score (nSPS) is 14.5. The van der Waals surface area contributed by atoms with E-state index in [9.17, 15) is 19.5 Å². The van der Waals surface area contributed by atoms with Crippen molar-refractivity contribution in [2.75, 3.05) is 56.3 Å². The van der Waals surface area contributed by atoms with Crippen molar-refractivity contribution in [3.63, 3.8) is 0 Å². The fourth-order valence-corrected chi connectivity index (χ4v) is 6.97. The molecule has 0 saturated carbocycles. The number of hydrogen-bond donors (Lipinski definition) is 1. The molecule has 14 nitrogen and oxygen atoms in total. The van der Waals surface area contributed by atoms with Crippen molar-refractivity contribution < 1.29 is 51.9 Å². The van der Waals surface area contributed by atoms with Crippen LogP contribution in [0.4, 0.5) is 0 Å². The van der Waals surface area contributed by atoms with Crippen LogP contribution < -0.4 is 39.3 Å².